The summed E-state index contributed by atoms with van der Waals surface area (Å²) in [5.41, 5.74) is 1.39. The molecule has 4 rings (SSSR count). The van der Waals surface area contributed by atoms with Crippen LogP contribution in [-0.2, 0) is 26.0 Å². The summed E-state index contributed by atoms with van der Waals surface area (Å²) in [4.78, 5) is 26.1. The summed E-state index contributed by atoms with van der Waals surface area (Å²) < 4.78 is 46.3. The molecule has 1 N–H and O–H groups in total. The molecule has 2 aliphatic rings. The van der Waals surface area contributed by atoms with Gasteiger partial charge in [0.05, 0.1) is 18.0 Å². The molecule has 2 aromatic carbocycles. The molecular formula is C24H28FN3O5S. The Hall–Kier alpha value is -2.98. The molecule has 1 atom stereocenters. The molecule has 34 heavy (non-hydrogen) atoms. The number of rotatable bonds is 8. The van der Waals surface area contributed by atoms with E-state index >= 15 is 0 Å². The number of halogens is 1. The minimum absolute atomic E-state index is 0.0893. The number of ether oxygens (including phenoxy) is 1. The molecule has 0 aliphatic carbocycles. The number of anilines is 1. The number of likely N-dealkylation sites (N-methyl/N-ethyl adjacent to an activating group) is 1. The average molecular weight is 490 g/mol. The molecular weight excluding hydrogens is 461 g/mol. The first kappa shape index (κ1) is 24.2. The number of carbonyl (C=O) groups excluding carboxylic acids is 2. The third-order valence-electron chi connectivity index (χ3n) is 6.30. The Kier molecular flexibility index (Phi) is 7.18. The fourth-order valence-electron chi connectivity index (χ4n) is 4.27. The van der Waals surface area contributed by atoms with Gasteiger partial charge in [-0.1, -0.05) is 12.1 Å². The van der Waals surface area contributed by atoms with E-state index in [1.54, 1.807) is 35.2 Å². The molecule has 182 valence electrons. The van der Waals surface area contributed by atoms with Crippen LogP contribution in [0.15, 0.2) is 47.4 Å². The zero-order valence-electron chi connectivity index (χ0n) is 19.0. The number of carbonyl (C=O) groups is 2. The first-order chi connectivity index (χ1) is 16.2. The number of hydrogen-bond acceptors (Lipinski definition) is 5. The van der Waals surface area contributed by atoms with Gasteiger partial charge in [0, 0.05) is 32.2 Å². The van der Waals surface area contributed by atoms with E-state index in [-0.39, 0.29) is 34.9 Å². The second-order valence-corrected chi connectivity index (χ2v) is 10.7. The number of likely N-dealkylation sites (tertiary alicyclic amines) is 1. The van der Waals surface area contributed by atoms with E-state index in [1.165, 1.54) is 19.2 Å². The summed E-state index contributed by atoms with van der Waals surface area (Å²) in [6.45, 7) is 1.16. The van der Waals surface area contributed by atoms with Crippen molar-refractivity contribution in [3.8, 4) is 5.75 Å². The predicted octanol–water partition coefficient (Wildman–Crippen LogP) is 2.65. The van der Waals surface area contributed by atoms with Crippen LogP contribution in [0.25, 0.3) is 0 Å². The van der Waals surface area contributed by atoms with Gasteiger partial charge in [0.1, 0.15) is 0 Å². The van der Waals surface area contributed by atoms with Gasteiger partial charge in [0.2, 0.25) is 21.8 Å². The predicted molar refractivity (Wildman–Crippen MR) is 124 cm³/mol. The SMILES string of the molecule is CN(CC(=O)N1CCC(CCOc2ccccc2F)C1)S(=O)(=O)c1ccc2c(c1)CCC(=O)N2. The van der Waals surface area contributed by atoms with Crippen molar-refractivity contribution >= 4 is 27.5 Å². The van der Waals surface area contributed by atoms with E-state index in [9.17, 15) is 22.4 Å². The molecule has 1 unspecified atom stereocenters. The van der Waals surface area contributed by atoms with Crippen LogP contribution in [0, 0.1) is 11.7 Å². The highest BCUT2D eigenvalue weighted by atomic mass is 32.2. The highest BCUT2D eigenvalue weighted by molar-refractivity contribution is 7.89. The molecule has 0 bridgehead atoms. The molecule has 0 spiro atoms. The molecule has 10 heteroatoms. The number of benzene rings is 2. The van der Waals surface area contributed by atoms with Gasteiger partial charge in [0.25, 0.3) is 0 Å². The third-order valence-corrected chi connectivity index (χ3v) is 8.10. The molecule has 0 radical (unpaired) electrons. The van der Waals surface area contributed by atoms with Crippen molar-refractivity contribution < 1.29 is 27.1 Å². The van der Waals surface area contributed by atoms with Crippen LogP contribution in [-0.4, -0.2) is 62.7 Å². The minimum atomic E-state index is -3.86. The lowest BCUT2D eigenvalue weighted by Crippen LogP contribution is -2.40. The van der Waals surface area contributed by atoms with E-state index in [4.69, 9.17) is 4.74 Å². The van der Waals surface area contributed by atoms with E-state index in [0.29, 0.717) is 44.6 Å². The maximum Gasteiger partial charge on any atom is 0.243 e. The number of para-hydroxylation sites is 1. The number of hydrogen-bond donors (Lipinski definition) is 1. The van der Waals surface area contributed by atoms with E-state index in [2.05, 4.69) is 5.32 Å². The number of aryl methyl sites for hydroxylation is 1. The molecule has 2 aliphatic heterocycles. The van der Waals surface area contributed by atoms with Crippen molar-refractivity contribution in [1.29, 1.82) is 0 Å². The van der Waals surface area contributed by atoms with Crippen molar-refractivity contribution in [3.05, 3.63) is 53.8 Å². The van der Waals surface area contributed by atoms with Gasteiger partial charge in [-0.2, -0.15) is 4.31 Å². The van der Waals surface area contributed by atoms with Crippen molar-refractivity contribution in [2.24, 2.45) is 5.92 Å². The largest absolute Gasteiger partial charge is 0.491 e. The van der Waals surface area contributed by atoms with Gasteiger partial charge in [-0.25, -0.2) is 12.8 Å². The lowest BCUT2D eigenvalue weighted by atomic mass is 10.0. The fourth-order valence-corrected chi connectivity index (χ4v) is 5.44. The summed E-state index contributed by atoms with van der Waals surface area (Å²) in [5, 5.41) is 2.73. The Labute approximate surface area is 198 Å². The number of sulfonamides is 1. The van der Waals surface area contributed by atoms with Crippen molar-refractivity contribution in [3.63, 3.8) is 0 Å². The summed E-state index contributed by atoms with van der Waals surface area (Å²) in [6.07, 6.45) is 2.26. The Morgan fingerprint density at radius 1 is 1.24 bits per heavy atom. The van der Waals surface area contributed by atoms with Crippen LogP contribution < -0.4 is 10.1 Å². The normalized spacial score (nSPS) is 18.0. The third kappa shape index (κ3) is 5.39. The molecule has 2 aromatic rings. The standard InChI is InChI=1S/C24H28FN3O5S/c1-27(34(31,32)19-7-8-21-18(14-19)6-9-23(29)26-21)16-24(30)28-12-10-17(15-28)11-13-33-22-5-3-2-4-20(22)25/h2-5,7-8,14,17H,6,9-13,15-16H2,1H3,(H,26,29). The molecule has 1 fully saturated rings. The molecule has 0 aromatic heterocycles. The second-order valence-electron chi connectivity index (χ2n) is 8.69. The Bertz CT molecular complexity index is 1190. The Morgan fingerprint density at radius 3 is 2.82 bits per heavy atom. The smallest absolute Gasteiger partial charge is 0.243 e. The van der Waals surface area contributed by atoms with Gasteiger partial charge in [-0.15, -0.1) is 0 Å². The van der Waals surface area contributed by atoms with Crippen LogP contribution in [0.3, 0.4) is 0 Å². The summed E-state index contributed by atoms with van der Waals surface area (Å²) in [6, 6.07) is 10.8. The van der Waals surface area contributed by atoms with E-state index in [0.717, 1.165) is 16.3 Å². The molecule has 0 saturated carbocycles. The van der Waals surface area contributed by atoms with Gasteiger partial charge in [-0.3, -0.25) is 9.59 Å². The molecule has 1 saturated heterocycles. The summed E-state index contributed by atoms with van der Waals surface area (Å²) in [5.74, 6) is -0.320. The highest BCUT2D eigenvalue weighted by Gasteiger charge is 2.30. The van der Waals surface area contributed by atoms with E-state index in [1.807, 2.05) is 0 Å². The maximum atomic E-state index is 13.6. The quantitative estimate of drug-likeness (QED) is 0.615. The first-order valence-electron chi connectivity index (χ1n) is 11.3. The molecule has 2 amide bonds. The topological polar surface area (TPSA) is 96.0 Å². The molecule has 8 nitrogen and oxygen atoms in total. The van der Waals surface area contributed by atoms with Crippen molar-refractivity contribution in [2.75, 3.05) is 38.6 Å². The minimum Gasteiger partial charge on any atom is -0.491 e. The van der Waals surface area contributed by atoms with Gasteiger partial charge in [0.15, 0.2) is 11.6 Å². The zero-order chi connectivity index (χ0) is 24.3. The fraction of sp³-hybridized carbons (Fsp3) is 0.417. The Balaban J connectivity index is 1.29. The van der Waals surface area contributed by atoms with Crippen LogP contribution in [0.1, 0.15) is 24.8 Å². The van der Waals surface area contributed by atoms with Crippen molar-refractivity contribution in [1.82, 2.24) is 9.21 Å². The van der Waals surface area contributed by atoms with Crippen LogP contribution in [0.4, 0.5) is 10.1 Å². The Morgan fingerprint density at radius 2 is 2.03 bits per heavy atom. The highest BCUT2D eigenvalue weighted by Crippen LogP contribution is 2.27. The first-order valence-corrected chi connectivity index (χ1v) is 12.7. The summed E-state index contributed by atoms with van der Waals surface area (Å²) in [7, 11) is -2.46. The molecule has 2 heterocycles. The number of nitrogens with one attached hydrogen (secondary N) is 1. The second kappa shape index (κ2) is 10.1. The number of amides is 2. The van der Waals surface area contributed by atoms with Gasteiger partial charge in [-0.05, 0) is 61.1 Å². The van der Waals surface area contributed by atoms with E-state index < -0.39 is 15.8 Å². The zero-order valence-corrected chi connectivity index (χ0v) is 19.8. The van der Waals surface area contributed by atoms with Crippen LogP contribution in [0.5, 0.6) is 5.75 Å². The van der Waals surface area contributed by atoms with Gasteiger partial charge < -0.3 is 15.0 Å². The maximum absolute atomic E-state index is 13.6. The summed E-state index contributed by atoms with van der Waals surface area (Å²) >= 11 is 0. The van der Waals surface area contributed by atoms with Crippen LogP contribution in [0.2, 0.25) is 0 Å². The lowest BCUT2D eigenvalue weighted by Gasteiger charge is -2.23. The number of nitrogens with zero attached hydrogens (tertiary/aromatic N) is 2. The van der Waals surface area contributed by atoms with Crippen molar-refractivity contribution in [2.45, 2.75) is 30.6 Å². The van der Waals surface area contributed by atoms with Gasteiger partial charge >= 0.3 is 0 Å². The number of fused-ring (bicyclic) bond motifs is 1. The average Bonchev–Trinajstić information content (AvgIpc) is 3.29. The monoisotopic (exact) mass is 489 g/mol. The van der Waals surface area contributed by atoms with Crippen LogP contribution >= 0.6 is 0 Å². The lowest BCUT2D eigenvalue weighted by molar-refractivity contribution is -0.130.